The number of carbonyl (C=O) groups excluding carboxylic acids is 1. The highest BCUT2D eigenvalue weighted by Crippen LogP contribution is 2.35. The Morgan fingerprint density at radius 2 is 2.04 bits per heavy atom. The zero-order chi connectivity index (χ0) is 18.8. The van der Waals surface area contributed by atoms with Gasteiger partial charge in [-0.3, -0.25) is 9.69 Å². The van der Waals surface area contributed by atoms with E-state index in [2.05, 4.69) is 32.0 Å². The smallest absolute Gasteiger partial charge is 0.261 e. The van der Waals surface area contributed by atoms with Crippen molar-refractivity contribution in [3.8, 4) is 0 Å². The number of likely N-dealkylation sites (tertiary alicyclic amines) is 1. The molecule has 6 nitrogen and oxygen atoms in total. The Hall–Kier alpha value is -1.73. The topological polar surface area (TPSA) is 61.4 Å². The molecule has 0 aliphatic carbocycles. The second-order valence-electron chi connectivity index (χ2n) is 7.62. The molecule has 2 aromatic rings. The molecule has 146 valence electrons. The number of anilines is 1. The third-order valence-electron chi connectivity index (χ3n) is 5.97. The number of hydrogen-bond donors (Lipinski definition) is 1. The summed E-state index contributed by atoms with van der Waals surface area (Å²) in [4.78, 5) is 28.4. The Labute approximate surface area is 165 Å². The first kappa shape index (κ1) is 18.6. The van der Waals surface area contributed by atoms with Crippen LogP contribution in [0.4, 0.5) is 5.82 Å². The minimum atomic E-state index is 0.0306. The summed E-state index contributed by atoms with van der Waals surface area (Å²) in [5.41, 5.74) is 1.02. The molecular weight excluding hydrogens is 358 g/mol. The summed E-state index contributed by atoms with van der Waals surface area (Å²) in [6.07, 6.45) is 7.74. The van der Waals surface area contributed by atoms with Gasteiger partial charge in [-0.05, 0) is 57.7 Å². The van der Waals surface area contributed by atoms with Crippen LogP contribution >= 0.6 is 11.3 Å². The molecule has 0 aromatic carbocycles. The largest absolute Gasteiger partial charge is 0.356 e. The number of nitrogens with one attached hydrogen (secondary N) is 1. The number of fused-ring (bicyclic) bond motifs is 1. The van der Waals surface area contributed by atoms with Crippen LogP contribution in [0.5, 0.6) is 0 Å². The van der Waals surface area contributed by atoms with E-state index < -0.39 is 0 Å². The van der Waals surface area contributed by atoms with Gasteiger partial charge in [-0.25, -0.2) is 9.97 Å². The average molecular weight is 388 g/mol. The SMILES string of the molecule is CCN1CCCC1CNC(=O)c1sc2ncnc(N3CCCCC3)c2c1C. The van der Waals surface area contributed by atoms with Gasteiger partial charge in [0, 0.05) is 25.7 Å². The third kappa shape index (κ3) is 3.67. The molecule has 1 atom stereocenters. The summed E-state index contributed by atoms with van der Waals surface area (Å²) in [5.74, 6) is 1.03. The van der Waals surface area contributed by atoms with Crippen LogP contribution in [0.15, 0.2) is 6.33 Å². The highest BCUT2D eigenvalue weighted by atomic mass is 32.1. The van der Waals surface area contributed by atoms with Gasteiger partial charge in [0.2, 0.25) is 0 Å². The second kappa shape index (κ2) is 8.10. The molecule has 2 aromatic heterocycles. The van der Waals surface area contributed by atoms with Crippen molar-refractivity contribution < 1.29 is 4.79 Å². The molecule has 7 heteroatoms. The fourth-order valence-electron chi connectivity index (χ4n) is 4.45. The van der Waals surface area contributed by atoms with E-state index in [9.17, 15) is 4.79 Å². The lowest BCUT2D eigenvalue weighted by Gasteiger charge is -2.28. The number of aromatic nitrogens is 2. The van der Waals surface area contributed by atoms with Gasteiger partial charge in [0.25, 0.3) is 5.91 Å². The Kier molecular flexibility index (Phi) is 5.59. The zero-order valence-corrected chi connectivity index (χ0v) is 17.1. The van der Waals surface area contributed by atoms with E-state index in [-0.39, 0.29) is 5.91 Å². The van der Waals surface area contributed by atoms with Gasteiger partial charge < -0.3 is 10.2 Å². The second-order valence-corrected chi connectivity index (χ2v) is 8.62. The van der Waals surface area contributed by atoms with Crippen molar-refractivity contribution >= 4 is 33.3 Å². The normalized spacial score (nSPS) is 21.1. The molecule has 27 heavy (non-hydrogen) atoms. The summed E-state index contributed by atoms with van der Waals surface area (Å²) < 4.78 is 0. The maximum absolute atomic E-state index is 12.9. The number of rotatable bonds is 5. The van der Waals surface area contributed by atoms with E-state index in [0.29, 0.717) is 6.04 Å². The van der Waals surface area contributed by atoms with Crippen LogP contribution in [0.2, 0.25) is 0 Å². The minimum Gasteiger partial charge on any atom is -0.356 e. The summed E-state index contributed by atoms with van der Waals surface area (Å²) in [6, 6.07) is 0.470. The van der Waals surface area contributed by atoms with Gasteiger partial charge in [-0.2, -0.15) is 0 Å². The van der Waals surface area contributed by atoms with Crippen LogP contribution in [-0.4, -0.2) is 59.5 Å². The summed E-state index contributed by atoms with van der Waals surface area (Å²) in [5, 5.41) is 4.23. The van der Waals surface area contributed by atoms with Gasteiger partial charge in [-0.1, -0.05) is 6.92 Å². The third-order valence-corrected chi connectivity index (χ3v) is 7.17. The number of likely N-dealkylation sites (N-methyl/N-ethyl adjacent to an activating group) is 1. The van der Waals surface area contributed by atoms with Crippen molar-refractivity contribution in [1.29, 1.82) is 0 Å². The molecule has 2 aliphatic rings. The summed E-state index contributed by atoms with van der Waals surface area (Å²) in [6.45, 7) is 9.24. The number of nitrogens with zero attached hydrogens (tertiary/aromatic N) is 4. The summed E-state index contributed by atoms with van der Waals surface area (Å²) in [7, 11) is 0. The van der Waals surface area contributed by atoms with Gasteiger partial charge in [0.05, 0.1) is 10.3 Å². The van der Waals surface area contributed by atoms with Crippen LogP contribution in [0.25, 0.3) is 10.2 Å². The van der Waals surface area contributed by atoms with Crippen molar-refractivity contribution in [2.45, 2.75) is 52.0 Å². The predicted octanol–water partition coefficient (Wildman–Crippen LogP) is 3.20. The Morgan fingerprint density at radius 1 is 1.22 bits per heavy atom. The van der Waals surface area contributed by atoms with Crippen molar-refractivity contribution in [1.82, 2.24) is 20.2 Å². The monoisotopic (exact) mass is 387 g/mol. The fourth-order valence-corrected chi connectivity index (χ4v) is 5.51. The van der Waals surface area contributed by atoms with E-state index in [0.717, 1.165) is 59.2 Å². The average Bonchev–Trinajstić information content (AvgIpc) is 3.31. The van der Waals surface area contributed by atoms with Crippen molar-refractivity contribution in [2.75, 3.05) is 37.6 Å². The number of hydrogen-bond acceptors (Lipinski definition) is 6. The summed E-state index contributed by atoms with van der Waals surface area (Å²) >= 11 is 1.50. The lowest BCUT2D eigenvalue weighted by molar-refractivity contribution is 0.0945. The maximum atomic E-state index is 12.9. The standard InChI is InChI=1S/C20H29N5OS/c1-3-24-11-7-8-15(24)12-21-19(26)17-14(2)16-18(22-13-23-20(16)27-17)25-9-5-4-6-10-25/h13,15H,3-12H2,1-2H3,(H,21,26). The number of thiophene rings is 1. The Balaban J connectivity index is 1.55. The lowest BCUT2D eigenvalue weighted by atomic mass is 10.1. The van der Waals surface area contributed by atoms with Gasteiger partial charge >= 0.3 is 0 Å². The Bertz CT molecular complexity index is 814. The highest BCUT2D eigenvalue weighted by Gasteiger charge is 2.26. The van der Waals surface area contributed by atoms with Crippen LogP contribution in [-0.2, 0) is 0 Å². The van der Waals surface area contributed by atoms with E-state index in [1.165, 1.54) is 43.4 Å². The number of carbonyl (C=O) groups is 1. The lowest BCUT2D eigenvalue weighted by Crippen LogP contribution is -2.39. The molecule has 2 saturated heterocycles. The molecule has 0 spiro atoms. The molecule has 0 bridgehead atoms. The fraction of sp³-hybridized carbons (Fsp3) is 0.650. The van der Waals surface area contributed by atoms with Gasteiger partial charge in [-0.15, -0.1) is 11.3 Å². The molecular formula is C20H29N5OS. The van der Waals surface area contributed by atoms with Crippen LogP contribution in [0.3, 0.4) is 0 Å². The first-order valence-electron chi connectivity index (χ1n) is 10.2. The molecule has 4 rings (SSSR count). The quantitative estimate of drug-likeness (QED) is 0.854. The minimum absolute atomic E-state index is 0.0306. The predicted molar refractivity (Wildman–Crippen MR) is 111 cm³/mol. The van der Waals surface area contributed by atoms with Gasteiger partial charge in [0.1, 0.15) is 17.0 Å². The van der Waals surface area contributed by atoms with Crippen LogP contribution in [0, 0.1) is 6.92 Å². The molecule has 1 amide bonds. The number of piperidine rings is 1. The molecule has 0 saturated carbocycles. The van der Waals surface area contributed by atoms with Gasteiger partial charge in [0.15, 0.2) is 0 Å². The highest BCUT2D eigenvalue weighted by molar-refractivity contribution is 7.20. The number of aryl methyl sites for hydroxylation is 1. The molecule has 4 heterocycles. The molecule has 1 N–H and O–H groups in total. The van der Waals surface area contributed by atoms with E-state index in [4.69, 9.17) is 0 Å². The first-order chi connectivity index (χ1) is 13.2. The molecule has 2 fully saturated rings. The molecule has 2 aliphatic heterocycles. The van der Waals surface area contributed by atoms with Crippen LogP contribution < -0.4 is 10.2 Å². The van der Waals surface area contributed by atoms with E-state index in [1.54, 1.807) is 6.33 Å². The van der Waals surface area contributed by atoms with Crippen molar-refractivity contribution in [3.63, 3.8) is 0 Å². The zero-order valence-electron chi connectivity index (χ0n) is 16.3. The number of amides is 1. The molecule has 1 unspecified atom stereocenters. The van der Waals surface area contributed by atoms with E-state index >= 15 is 0 Å². The Morgan fingerprint density at radius 3 is 2.81 bits per heavy atom. The van der Waals surface area contributed by atoms with Crippen molar-refractivity contribution in [2.24, 2.45) is 0 Å². The van der Waals surface area contributed by atoms with E-state index in [1.807, 2.05) is 6.92 Å². The first-order valence-corrected chi connectivity index (χ1v) is 11.0. The van der Waals surface area contributed by atoms with Crippen LogP contribution in [0.1, 0.15) is 54.3 Å². The molecule has 0 radical (unpaired) electrons. The maximum Gasteiger partial charge on any atom is 0.261 e. The van der Waals surface area contributed by atoms with Crippen molar-refractivity contribution in [3.05, 3.63) is 16.8 Å².